The first-order chi connectivity index (χ1) is 12.7. The smallest absolute Gasteiger partial charge is 0.225 e. The maximum absolute atomic E-state index is 6.58. The van der Waals surface area contributed by atoms with Crippen LogP contribution in [0.5, 0.6) is 5.75 Å². The van der Waals surface area contributed by atoms with Crippen molar-refractivity contribution in [3.05, 3.63) is 48.3 Å². The van der Waals surface area contributed by atoms with Gasteiger partial charge in [0, 0.05) is 62.4 Å². The number of fused-ring (bicyclic) bond motifs is 1. The molecule has 3 heterocycles. The average Bonchev–Trinajstić information content (AvgIpc) is 2.69. The van der Waals surface area contributed by atoms with E-state index in [1.54, 1.807) is 0 Å². The summed E-state index contributed by atoms with van der Waals surface area (Å²) in [5.74, 6) is 1.87. The van der Waals surface area contributed by atoms with E-state index in [0.29, 0.717) is 12.1 Å². The molecule has 0 radical (unpaired) electrons. The molecule has 5 nitrogen and oxygen atoms in total. The van der Waals surface area contributed by atoms with Crippen molar-refractivity contribution >= 4 is 5.95 Å². The number of nitrogens with one attached hydrogen (secondary N) is 1. The molecule has 138 valence electrons. The fourth-order valence-electron chi connectivity index (χ4n) is 4.10. The maximum atomic E-state index is 6.58. The number of anilines is 1. The average molecular weight is 352 g/mol. The molecule has 0 amide bonds. The van der Waals surface area contributed by atoms with Crippen molar-refractivity contribution in [2.24, 2.45) is 0 Å². The zero-order valence-electron chi connectivity index (χ0n) is 15.7. The Morgan fingerprint density at radius 1 is 1.19 bits per heavy atom. The van der Waals surface area contributed by atoms with E-state index in [9.17, 15) is 0 Å². The highest BCUT2D eigenvalue weighted by Gasteiger charge is 2.43. The van der Waals surface area contributed by atoms with Crippen LogP contribution in [0.25, 0.3) is 0 Å². The summed E-state index contributed by atoms with van der Waals surface area (Å²) in [5, 5.41) is 3.82. The Balaban J connectivity index is 1.53. The molecule has 1 fully saturated rings. The van der Waals surface area contributed by atoms with Gasteiger partial charge in [0.2, 0.25) is 5.95 Å². The van der Waals surface area contributed by atoms with Crippen LogP contribution in [0.3, 0.4) is 0 Å². The lowest BCUT2D eigenvalue weighted by atomic mass is 9.80. The van der Waals surface area contributed by atoms with E-state index in [0.717, 1.165) is 50.5 Å². The second-order valence-corrected chi connectivity index (χ2v) is 7.59. The summed E-state index contributed by atoms with van der Waals surface area (Å²) in [6.45, 7) is 6.36. The lowest BCUT2D eigenvalue weighted by molar-refractivity contribution is 0.00674. The number of para-hydroxylation sites is 1. The predicted octanol–water partition coefficient (Wildman–Crippen LogP) is 3.73. The molecule has 0 saturated carbocycles. The second kappa shape index (κ2) is 7.23. The van der Waals surface area contributed by atoms with E-state index in [4.69, 9.17) is 4.74 Å². The van der Waals surface area contributed by atoms with Crippen LogP contribution in [0.15, 0.2) is 42.7 Å². The second-order valence-electron chi connectivity index (χ2n) is 7.59. The van der Waals surface area contributed by atoms with E-state index in [1.807, 2.05) is 18.5 Å². The first kappa shape index (κ1) is 17.3. The Kier molecular flexibility index (Phi) is 4.81. The summed E-state index contributed by atoms with van der Waals surface area (Å²) in [6.07, 6.45) is 7.78. The van der Waals surface area contributed by atoms with Gasteiger partial charge >= 0.3 is 0 Å². The molecule has 1 saturated heterocycles. The molecule has 0 aliphatic carbocycles. The van der Waals surface area contributed by atoms with Gasteiger partial charge in [0.1, 0.15) is 11.4 Å². The van der Waals surface area contributed by atoms with Gasteiger partial charge in [0.05, 0.1) is 0 Å². The monoisotopic (exact) mass is 352 g/mol. The third kappa shape index (κ3) is 3.40. The molecule has 1 spiro atoms. The van der Waals surface area contributed by atoms with Crippen molar-refractivity contribution in [3.8, 4) is 5.75 Å². The van der Waals surface area contributed by atoms with Crippen LogP contribution in [0, 0.1) is 0 Å². The predicted molar refractivity (Wildman–Crippen MR) is 104 cm³/mol. The van der Waals surface area contributed by atoms with E-state index in [2.05, 4.69) is 58.3 Å². The van der Waals surface area contributed by atoms with Gasteiger partial charge in [-0.2, -0.15) is 0 Å². The molecule has 4 rings (SSSR count). The molecular formula is C21H28N4O. The summed E-state index contributed by atoms with van der Waals surface area (Å²) in [6, 6.07) is 11.2. The summed E-state index contributed by atoms with van der Waals surface area (Å²) < 4.78 is 6.58. The van der Waals surface area contributed by atoms with Crippen LogP contribution in [-0.2, 0) is 0 Å². The fraction of sp³-hybridized carbons (Fsp3) is 0.524. The Bertz CT molecular complexity index is 728. The molecule has 0 unspecified atom stereocenters. The van der Waals surface area contributed by atoms with Crippen LogP contribution in [0.4, 0.5) is 5.95 Å². The topological polar surface area (TPSA) is 50.3 Å². The van der Waals surface area contributed by atoms with Crippen LogP contribution in [-0.4, -0.2) is 34.7 Å². The van der Waals surface area contributed by atoms with Gasteiger partial charge in [-0.05, 0) is 25.5 Å². The maximum Gasteiger partial charge on any atom is 0.225 e. The van der Waals surface area contributed by atoms with E-state index >= 15 is 0 Å². The molecule has 26 heavy (non-hydrogen) atoms. The molecule has 0 bridgehead atoms. The highest BCUT2D eigenvalue weighted by Crippen LogP contribution is 2.44. The van der Waals surface area contributed by atoms with Gasteiger partial charge in [0.25, 0.3) is 0 Å². The van der Waals surface area contributed by atoms with Crippen molar-refractivity contribution in [1.82, 2.24) is 15.3 Å². The highest BCUT2D eigenvalue weighted by molar-refractivity contribution is 5.40. The molecule has 1 N–H and O–H groups in total. The number of benzene rings is 1. The van der Waals surface area contributed by atoms with Crippen molar-refractivity contribution in [2.75, 3.05) is 18.0 Å². The SMILES string of the molecule is CC[C@@H](C)N[C@@H]1CC2(CCN(c3ncccn3)CC2)Oc2ccccc21. The molecule has 1 aromatic heterocycles. The van der Waals surface area contributed by atoms with Gasteiger partial charge in [-0.1, -0.05) is 25.1 Å². The number of nitrogens with zero attached hydrogens (tertiary/aromatic N) is 3. The summed E-state index contributed by atoms with van der Waals surface area (Å²) in [4.78, 5) is 11.1. The Morgan fingerprint density at radius 2 is 1.92 bits per heavy atom. The van der Waals surface area contributed by atoms with Crippen molar-refractivity contribution in [2.45, 2.75) is 57.2 Å². The van der Waals surface area contributed by atoms with Gasteiger partial charge in [-0.25, -0.2) is 9.97 Å². The molecule has 2 aromatic rings. The summed E-state index contributed by atoms with van der Waals surface area (Å²) in [7, 11) is 0. The van der Waals surface area contributed by atoms with Crippen molar-refractivity contribution in [1.29, 1.82) is 0 Å². The lowest BCUT2D eigenvalue weighted by Gasteiger charge is -2.47. The third-order valence-electron chi connectivity index (χ3n) is 5.80. The van der Waals surface area contributed by atoms with Crippen molar-refractivity contribution in [3.63, 3.8) is 0 Å². The Hall–Kier alpha value is -2.14. The minimum absolute atomic E-state index is 0.0925. The van der Waals surface area contributed by atoms with Crippen LogP contribution >= 0.6 is 0 Å². The first-order valence-electron chi connectivity index (χ1n) is 9.75. The largest absolute Gasteiger partial charge is 0.487 e. The lowest BCUT2D eigenvalue weighted by Crippen LogP contribution is -2.52. The molecule has 1 aromatic carbocycles. The standard InChI is InChI=1S/C21H28N4O/c1-3-16(2)24-18-15-21(26-19-8-5-4-7-17(18)19)9-13-25(14-10-21)20-22-11-6-12-23-20/h4-8,11-12,16,18,24H,3,9-10,13-15H2,1-2H3/t16-,18-/m1/s1. The minimum Gasteiger partial charge on any atom is -0.487 e. The van der Waals surface area contributed by atoms with Gasteiger partial charge in [0.15, 0.2) is 0 Å². The van der Waals surface area contributed by atoms with Gasteiger partial charge < -0.3 is 15.0 Å². The van der Waals surface area contributed by atoms with Crippen LogP contribution in [0.1, 0.15) is 51.1 Å². The van der Waals surface area contributed by atoms with E-state index in [1.165, 1.54) is 5.56 Å². The van der Waals surface area contributed by atoms with Crippen molar-refractivity contribution < 1.29 is 4.74 Å². The fourth-order valence-corrected chi connectivity index (χ4v) is 4.10. The van der Waals surface area contributed by atoms with E-state index in [-0.39, 0.29) is 5.60 Å². The molecular weight excluding hydrogens is 324 g/mol. The number of aromatic nitrogens is 2. The molecule has 2 aliphatic rings. The van der Waals surface area contributed by atoms with Crippen LogP contribution in [0.2, 0.25) is 0 Å². The van der Waals surface area contributed by atoms with E-state index < -0.39 is 0 Å². The summed E-state index contributed by atoms with van der Waals surface area (Å²) >= 11 is 0. The van der Waals surface area contributed by atoms with Gasteiger partial charge in [-0.15, -0.1) is 0 Å². The number of rotatable bonds is 4. The third-order valence-corrected chi connectivity index (χ3v) is 5.80. The van der Waals surface area contributed by atoms with Crippen LogP contribution < -0.4 is 15.0 Å². The quantitative estimate of drug-likeness (QED) is 0.909. The zero-order chi connectivity index (χ0) is 18.0. The zero-order valence-corrected chi connectivity index (χ0v) is 15.7. The van der Waals surface area contributed by atoms with Gasteiger partial charge in [-0.3, -0.25) is 0 Å². The summed E-state index contributed by atoms with van der Waals surface area (Å²) in [5.41, 5.74) is 1.21. The number of hydrogen-bond donors (Lipinski definition) is 1. The Morgan fingerprint density at radius 3 is 2.65 bits per heavy atom. The Labute approximate surface area is 155 Å². The molecule has 2 atom stereocenters. The number of piperidine rings is 1. The normalized spacial score (nSPS) is 22.5. The molecule has 5 heteroatoms. The first-order valence-corrected chi connectivity index (χ1v) is 9.75. The highest BCUT2D eigenvalue weighted by atomic mass is 16.5. The number of ether oxygens (including phenoxy) is 1. The molecule has 2 aliphatic heterocycles. The number of hydrogen-bond acceptors (Lipinski definition) is 5. The minimum atomic E-state index is -0.0925.